The third-order valence-electron chi connectivity index (χ3n) is 1.96. The zero-order valence-electron chi connectivity index (χ0n) is 7.22. The minimum atomic E-state index is -0.544. The van der Waals surface area contributed by atoms with Gasteiger partial charge in [0.2, 0.25) is 0 Å². The van der Waals surface area contributed by atoms with E-state index in [0.29, 0.717) is 5.56 Å². The summed E-state index contributed by atoms with van der Waals surface area (Å²) in [7, 11) is 0. The topological polar surface area (TPSA) is 41.8 Å². The van der Waals surface area contributed by atoms with E-state index >= 15 is 0 Å². The fourth-order valence-corrected chi connectivity index (χ4v) is 1.27. The molecule has 2 amide bonds. The smallest absolute Gasteiger partial charge is 0.244 e. The Bertz CT molecular complexity index is 410. The van der Waals surface area contributed by atoms with Crippen molar-refractivity contribution in [3.63, 3.8) is 0 Å². The molecule has 0 aromatic heterocycles. The van der Waals surface area contributed by atoms with Crippen LogP contribution in [-0.2, 0) is 0 Å². The van der Waals surface area contributed by atoms with Gasteiger partial charge >= 0.3 is 6.03 Å². The average molecular weight is 190 g/mol. The van der Waals surface area contributed by atoms with Crippen molar-refractivity contribution in [3.8, 4) is 0 Å². The number of halogens is 1. The van der Waals surface area contributed by atoms with Gasteiger partial charge in [-0.3, -0.25) is 0 Å². The van der Waals surface area contributed by atoms with Crippen LogP contribution in [0.25, 0.3) is 0 Å². The summed E-state index contributed by atoms with van der Waals surface area (Å²) in [5.74, 6) is -0.654. The van der Waals surface area contributed by atoms with Crippen LogP contribution in [-0.4, -0.2) is 18.5 Å². The summed E-state index contributed by atoms with van der Waals surface area (Å²) in [5.41, 5.74) is 0.479. The summed E-state index contributed by atoms with van der Waals surface area (Å²) in [6.07, 6.45) is 2.79. The summed E-state index contributed by atoms with van der Waals surface area (Å²) >= 11 is 0. The van der Waals surface area contributed by atoms with E-state index in [4.69, 9.17) is 0 Å². The van der Waals surface area contributed by atoms with Gasteiger partial charge in [0.15, 0.2) is 0 Å². The van der Waals surface area contributed by atoms with Crippen molar-refractivity contribution >= 4 is 18.5 Å². The molecule has 0 bridgehead atoms. The molecule has 1 aromatic carbocycles. The van der Waals surface area contributed by atoms with Gasteiger partial charge in [0.25, 0.3) is 0 Å². The van der Waals surface area contributed by atoms with Crippen molar-refractivity contribution < 1.29 is 9.18 Å². The molecule has 0 fully saturated rings. The molecule has 1 aliphatic rings. The van der Waals surface area contributed by atoms with Gasteiger partial charge < -0.3 is 0 Å². The van der Waals surface area contributed by atoms with Crippen LogP contribution in [0.3, 0.4) is 0 Å². The van der Waals surface area contributed by atoms with Crippen LogP contribution in [0, 0.1) is 5.82 Å². The molecule has 1 heterocycles. The van der Waals surface area contributed by atoms with Gasteiger partial charge in [-0.2, -0.15) is 0 Å². The molecule has 0 radical (unpaired) electrons. The molecule has 0 aliphatic carbocycles. The summed E-state index contributed by atoms with van der Waals surface area (Å²) in [5, 5.41) is 0. The van der Waals surface area contributed by atoms with Crippen LogP contribution < -0.4 is 0 Å². The summed E-state index contributed by atoms with van der Waals surface area (Å²) in [6, 6.07) is 5.82. The Kier molecular flexibility index (Phi) is 2.18. The van der Waals surface area contributed by atoms with Gasteiger partial charge in [0.05, 0.1) is 5.92 Å². The largest absolute Gasteiger partial charge is 0.366 e. The molecule has 1 aromatic rings. The second-order valence-electron chi connectivity index (χ2n) is 2.89. The second kappa shape index (κ2) is 3.49. The normalized spacial score (nSPS) is 16.2. The fraction of sp³-hybridized carbons (Fsp3) is 0.100. The molecule has 0 atom stereocenters. The van der Waals surface area contributed by atoms with E-state index in [0.717, 1.165) is 0 Å². The minimum Gasteiger partial charge on any atom is -0.244 e. The summed E-state index contributed by atoms with van der Waals surface area (Å²) < 4.78 is 13.3. The van der Waals surface area contributed by atoms with Gasteiger partial charge in [-0.1, -0.05) is 18.2 Å². The van der Waals surface area contributed by atoms with Crippen LogP contribution >= 0.6 is 0 Å². The first kappa shape index (κ1) is 8.74. The number of amides is 2. The maximum absolute atomic E-state index is 13.3. The fourth-order valence-electron chi connectivity index (χ4n) is 1.27. The molecule has 3 nitrogen and oxygen atoms in total. The Morgan fingerprint density at radius 3 is 2.43 bits per heavy atom. The van der Waals surface area contributed by atoms with Crippen LogP contribution in [0.15, 0.2) is 34.3 Å². The average Bonchev–Trinajstić information content (AvgIpc) is 2.20. The first-order valence-electron chi connectivity index (χ1n) is 4.14. The van der Waals surface area contributed by atoms with E-state index in [2.05, 4.69) is 9.98 Å². The summed E-state index contributed by atoms with van der Waals surface area (Å²) in [6.45, 7) is 0. The second-order valence-corrected chi connectivity index (χ2v) is 2.89. The zero-order chi connectivity index (χ0) is 9.97. The van der Waals surface area contributed by atoms with E-state index in [1.807, 2.05) is 0 Å². The molecular weight excluding hydrogens is 183 g/mol. The monoisotopic (exact) mass is 190 g/mol. The molecule has 70 valence electrons. The van der Waals surface area contributed by atoms with Crippen LogP contribution in [0.1, 0.15) is 11.5 Å². The highest BCUT2D eigenvalue weighted by atomic mass is 19.1. The molecule has 4 heteroatoms. The lowest BCUT2D eigenvalue weighted by atomic mass is 10.0. The van der Waals surface area contributed by atoms with E-state index in [9.17, 15) is 9.18 Å². The maximum Gasteiger partial charge on any atom is 0.366 e. The van der Waals surface area contributed by atoms with Gasteiger partial charge in [-0.05, 0) is 6.07 Å². The van der Waals surface area contributed by atoms with Gasteiger partial charge in [0, 0.05) is 18.0 Å². The number of hydrogen-bond donors (Lipinski definition) is 0. The molecule has 0 spiro atoms. The third-order valence-corrected chi connectivity index (χ3v) is 1.96. The van der Waals surface area contributed by atoms with Gasteiger partial charge in [-0.25, -0.2) is 19.2 Å². The highest BCUT2D eigenvalue weighted by Crippen LogP contribution is 2.17. The predicted octanol–water partition coefficient (Wildman–Crippen LogP) is 2.18. The first-order valence-corrected chi connectivity index (χ1v) is 4.14. The third kappa shape index (κ3) is 1.59. The number of aliphatic imine (C=N–C) groups is 2. The van der Waals surface area contributed by atoms with Crippen LogP contribution in [0.2, 0.25) is 0 Å². The quantitative estimate of drug-likeness (QED) is 0.669. The Morgan fingerprint density at radius 2 is 1.79 bits per heavy atom. The van der Waals surface area contributed by atoms with Gasteiger partial charge in [0.1, 0.15) is 5.82 Å². The number of rotatable bonds is 1. The molecule has 0 saturated carbocycles. The number of hydrogen-bond acceptors (Lipinski definition) is 1. The van der Waals surface area contributed by atoms with Crippen LogP contribution in [0.4, 0.5) is 9.18 Å². The van der Waals surface area contributed by atoms with Gasteiger partial charge in [-0.15, -0.1) is 0 Å². The molecule has 0 N–H and O–H groups in total. The molecule has 0 unspecified atom stereocenters. The van der Waals surface area contributed by atoms with Crippen molar-refractivity contribution in [1.82, 2.24) is 0 Å². The van der Waals surface area contributed by atoms with E-state index in [1.165, 1.54) is 18.5 Å². The molecular formula is C10H7FN2O. The lowest BCUT2D eigenvalue weighted by Gasteiger charge is -2.09. The lowest BCUT2D eigenvalue weighted by Crippen LogP contribution is -2.10. The van der Waals surface area contributed by atoms with Crippen molar-refractivity contribution in [1.29, 1.82) is 0 Å². The minimum absolute atomic E-state index is 0.315. The number of nitrogens with zero attached hydrogens (tertiary/aromatic N) is 2. The number of carbonyl (C=O) groups is 1. The highest BCUT2D eigenvalue weighted by molar-refractivity contribution is 6.03. The Morgan fingerprint density at radius 1 is 1.14 bits per heavy atom. The first-order chi connectivity index (χ1) is 6.77. The van der Waals surface area contributed by atoms with E-state index in [1.54, 1.807) is 18.2 Å². The van der Waals surface area contributed by atoms with Crippen molar-refractivity contribution in [2.24, 2.45) is 9.98 Å². The van der Waals surface area contributed by atoms with Crippen molar-refractivity contribution in [2.45, 2.75) is 5.92 Å². The van der Waals surface area contributed by atoms with E-state index in [-0.39, 0.29) is 11.7 Å². The van der Waals surface area contributed by atoms with Crippen molar-refractivity contribution in [2.75, 3.05) is 0 Å². The molecule has 1 aliphatic heterocycles. The molecule has 2 rings (SSSR count). The molecule has 14 heavy (non-hydrogen) atoms. The number of urea groups is 1. The predicted molar refractivity (Wildman–Crippen MR) is 51.5 cm³/mol. The standard InChI is InChI=1S/C10H7FN2O/c11-9-4-2-1-3-8(9)7-5-12-10(14)13-6-7/h1-7H. The highest BCUT2D eigenvalue weighted by Gasteiger charge is 2.14. The summed E-state index contributed by atoms with van der Waals surface area (Å²) in [4.78, 5) is 17.6. The lowest BCUT2D eigenvalue weighted by molar-refractivity contribution is 0.257. The Hall–Kier alpha value is -1.84. The Labute approximate surface area is 80.0 Å². The Balaban J connectivity index is 2.33. The molecule has 0 saturated heterocycles. The van der Waals surface area contributed by atoms with E-state index < -0.39 is 6.03 Å². The zero-order valence-corrected chi connectivity index (χ0v) is 7.22. The van der Waals surface area contributed by atoms with Crippen molar-refractivity contribution in [3.05, 3.63) is 35.6 Å². The SMILES string of the molecule is O=C1N=CC(c2ccccc2F)C=N1. The number of carbonyl (C=O) groups excluding carboxylic acids is 1. The van der Waals surface area contributed by atoms with Crippen LogP contribution in [0.5, 0.6) is 0 Å². The number of benzene rings is 1. The maximum atomic E-state index is 13.3.